The topological polar surface area (TPSA) is 40.5 Å². The van der Waals surface area contributed by atoms with E-state index in [0.717, 1.165) is 84.7 Å². The van der Waals surface area contributed by atoms with Crippen LogP contribution in [0.15, 0.2) is 72.8 Å². The summed E-state index contributed by atoms with van der Waals surface area (Å²) in [5.74, 6) is -1.14. The Kier molecular flexibility index (Phi) is 14.6. The third-order valence-electron chi connectivity index (χ3n) is 15.7. The van der Waals surface area contributed by atoms with Gasteiger partial charge in [0.05, 0.1) is 0 Å². The summed E-state index contributed by atoms with van der Waals surface area (Å²) in [5, 5.41) is 29.0. The summed E-state index contributed by atoms with van der Waals surface area (Å²) < 4.78 is 65.0. The van der Waals surface area contributed by atoms with Crippen molar-refractivity contribution in [3.8, 4) is 11.1 Å². The van der Waals surface area contributed by atoms with E-state index in [0.29, 0.717) is 129 Å². The lowest BCUT2D eigenvalue weighted by molar-refractivity contribution is 0.123. The Bertz CT molecular complexity index is 2450. The Hall–Kier alpha value is -5.04. The molecular weight excluding hydrogens is 853 g/mol. The van der Waals surface area contributed by atoms with Gasteiger partial charge in [0.2, 0.25) is 0 Å². The highest BCUT2D eigenvalue weighted by Gasteiger charge is 2.44. The van der Waals surface area contributed by atoms with Gasteiger partial charge in [-0.3, -0.25) is 0 Å². The van der Waals surface area contributed by atoms with Crippen molar-refractivity contribution in [1.82, 2.24) is 0 Å². The molecule has 2 nitrogen and oxygen atoms in total. The highest BCUT2D eigenvalue weighted by molar-refractivity contribution is 5.84. The molecule has 0 atom stereocenters. The highest BCUT2D eigenvalue weighted by atomic mass is 19.1. The van der Waals surface area contributed by atoms with Crippen molar-refractivity contribution in [2.75, 3.05) is 0 Å². The largest absolute Gasteiger partial charge is 0.376 e. The van der Waals surface area contributed by atoms with Crippen LogP contribution in [-0.2, 0) is 88.3 Å². The molecule has 0 amide bonds. The summed E-state index contributed by atoms with van der Waals surface area (Å²) in [6.07, 6.45) is 10.2. The van der Waals surface area contributed by atoms with Crippen molar-refractivity contribution < 1.29 is 27.8 Å². The van der Waals surface area contributed by atoms with Gasteiger partial charge in [0.25, 0.3) is 0 Å². The van der Waals surface area contributed by atoms with Gasteiger partial charge in [-0.05, 0) is 251 Å². The molecule has 2 aliphatic carbocycles. The molecule has 358 valence electrons. The van der Waals surface area contributed by atoms with E-state index in [4.69, 9.17) is 0 Å². The Morgan fingerprint density at radius 2 is 0.574 bits per heavy atom. The molecule has 0 saturated carbocycles. The fraction of sp³-hybridized carbons (Fsp3) is 0.419. The molecule has 0 radical (unpaired) electrons. The molecule has 6 heteroatoms. The minimum absolute atomic E-state index is 0.284. The summed E-state index contributed by atoms with van der Waals surface area (Å²) in [6.45, 7) is 15.4. The molecule has 6 aromatic carbocycles. The fourth-order valence-electron chi connectivity index (χ4n) is 11.7. The van der Waals surface area contributed by atoms with Gasteiger partial charge < -0.3 is 10.2 Å². The van der Waals surface area contributed by atoms with Crippen LogP contribution in [-0.4, -0.2) is 10.2 Å². The van der Waals surface area contributed by atoms with Crippen LogP contribution in [0.1, 0.15) is 181 Å². The van der Waals surface area contributed by atoms with Gasteiger partial charge in [0, 0.05) is 11.1 Å². The number of benzene rings is 6. The zero-order chi connectivity index (χ0) is 48.7. The average Bonchev–Trinajstić information content (AvgIpc) is 3.37. The fourth-order valence-corrected chi connectivity index (χ4v) is 11.7. The maximum Gasteiger partial charge on any atom is 0.141 e. The SMILES string of the molecule is CCc1cc(C(O)(c2cc(CC)c(F)c(CC)c2)c2ccc3c(c2-c2c(C(O)(c4cc(CC)c(F)c(CC)c4)c4cc(CC)c(F)c(CC)c4)ccc4c2CCCC4)CCCC3)cc(CC)c1F. The third-order valence-corrected chi connectivity index (χ3v) is 15.7. The van der Waals surface area contributed by atoms with Gasteiger partial charge in [0.15, 0.2) is 0 Å². The van der Waals surface area contributed by atoms with Gasteiger partial charge >= 0.3 is 0 Å². The number of rotatable bonds is 15. The van der Waals surface area contributed by atoms with E-state index < -0.39 is 11.2 Å². The Balaban J connectivity index is 1.61. The predicted molar refractivity (Wildman–Crippen MR) is 270 cm³/mol. The monoisotopic (exact) mass is 923 g/mol. The second kappa shape index (κ2) is 20.1. The van der Waals surface area contributed by atoms with E-state index in [9.17, 15) is 10.2 Å². The van der Waals surface area contributed by atoms with Crippen molar-refractivity contribution in [1.29, 1.82) is 0 Å². The number of halogens is 4. The normalized spacial score (nSPS) is 14.0. The van der Waals surface area contributed by atoms with Gasteiger partial charge in [-0.25, -0.2) is 17.6 Å². The van der Waals surface area contributed by atoms with E-state index in [1.807, 2.05) is 67.5 Å². The Labute approximate surface area is 402 Å². The van der Waals surface area contributed by atoms with E-state index in [2.05, 4.69) is 12.1 Å². The number of hydrogen-bond donors (Lipinski definition) is 2. The van der Waals surface area contributed by atoms with Crippen LogP contribution in [0, 0.1) is 23.3 Å². The third kappa shape index (κ3) is 8.25. The minimum Gasteiger partial charge on any atom is -0.376 e. The average molecular weight is 923 g/mol. The first-order chi connectivity index (χ1) is 32.8. The molecular formula is C62H70F4O2. The number of fused-ring (bicyclic) bond motifs is 2. The minimum atomic E-state index is -1.93. The van der Waals surface area contributed by atoms with E-state index in [1.165, 1.54) is 0 Å². The van der Waals surface area contributed by atoms with Crippen LogP contribution in [0.2, 0.25) is 0 Å². The van der Waals surface area contributed by atoms with Crippen molar-refractivity contribution in [2.45, 2.75) is 169 Å². The zero-order valence-electron chi connectivity index (χ0n) is 41.6. The molecule has 0 heterocycles. The lowest BCUT2D eigenvalue weighted by Gasteiger charge is -2.39. The first-order valence-electron chi connectivity index (χ1n) is 25.8. The van der Waals surface area contributed by atoms with Crippen LogP contribution < -0.4 is 0 Å². The quantitative estimate of drug-likeness (QED) is 0.0796. The van der Waals surface area contributed by atoms with Gasteiger partial charge in [-0.2, -0.15) is 0 Å². The molecule has 0 fully saturated rings. The highest BCUT2D eigenvalue weighted by Crippen LogP contribution is 2.53. The number of hydrogen-bond acceptors (Lipinski definition) is 2. The summed E-state index contributed by atoms with van der Waals surface area (Å²) >= 11 is 0. The molecule has 0 aromatic heterocycles. The molecule has 68 heavy (non-hydrogen) atoms. The smallest absolute Gasteiger partial charge is 0.141 e. The summed E-state index contributed by atoms with van der Waals surface area (Å²) in [4.78, 5) is 0. The van der Waals surface area contributed by atoms with Crippen molar-refractivity contribution >= 4 is 0 Å². The molecule has 0 spiro atoms. The zero-order valence-corrected chi connectivity index (χ0v) is 41.6. The number of aliphatic hydroxyl groups is 2. The van der Waals surface area contributed by atoms with Gasteiger partial charge in [0.1, 0.15) is 34.5 Å². The molecule has 8 rings (SSSR count). The summed E-state index contributed by atoms with van der Waals surface area (Å²) in [5.41, 5.74) is 9.34. The summed E-state index contributed by atoms with van der Waals surface area (Å²) in [7, 11) is 0. The van der Waals surface area contributed by atoms with Crippen LogP contribution in [0.5, 0.6) is 0 Å². The first-order valence-corrected chi connectivity index (χ1v) is 25.8. The van der Waals surface area contributed by atoms with Crippen molar-refractivity contribution in [3.63, 3.8) is 0 Å². The maximum atomic E-state index is 16.3. The second-order valence-electron chi connectivity index (χ2n) is 19.3. The van der Waals surface area contributed by atoms with Crippen molar-refractivity contribution in [3.05, 3.63) is 196 Å². The van der Waals surface area contributed by atoms with E-state index >= 15 is 17.6 Å². The lowest BCUT2D eigenvalue weighted by Crippen LogP contribution is -2.34. The second-order valence-corrected chi connectivity index (χ2v) is 19.3. The van der Waals surface area contributed by atoms with Crippen molar-refractivity contribution in [2.24, 2.45) is 0 Å². The molecule has 2 aliphatic rings. The molecule has 2 N–H and O–H groups in total. The lowest BCUT2D eigenvalue weighted by atomic mass is 9.67. The summed E-state index contributed by atoms with van der Waals surface area (Å²) in [6, 6.07) is 22.7. The van der Waals surface area contributed by atoms with Gasteiger partial charge in [-0.1, -0.05) is 79.7 Å². The molecule has 0 unspecified atom stereocenters. The van der Waals surface area contributed by atoms with E-state index in [1.54, 1.807) is 48.5 Å². The Morgan fingerprint density at radius 1 is 0.353 bits per heavy atom. The predicted octanol–water partition coefficient (Wildman–Crippen LogP) is 14.7. The first kappa shape index (κ1) is 49.4. The van der Waals surface area contributed by atoms with Crippen LogP contribution >= 0.6 is 0 Å². The molecule has 0 bridgehead atoms. The Morgan fingerprint density at radius 3 is 0.794 bits per heavy atom. The van der Waals surface area contributed by atoms with Gasteiger partial charge in [-0.15, -0.1) is 0 Å². The molecule has 0 aliphatic heterocycles. The maximum absolute atomic E-state index is 16.3. The standard InChI is InChI=1S/C62H70F4O2/c1-9-37-29-47(30-38(10-2)57(37)63)61(67,48-31-39(11-3)58(64)40(12-4)32-48)53-27-25-45-21-17-19-23-51(45)55(53)56-52-24-20-18-22-46(52)26-28-54(56)62(68,49-33-41(13-5)59(65)42(14-6)34-49)50-35-43(15-7)60(66)44(16-8)36-50/h25-36,67-68H,9-24H2,1-8H3. The van der Waals surface area contributed by atoms with Crippen LogP contribution in [0.25, 0.3) is 11.1 Å². The number of aryl methyl sites for hydroxylation is 10. The molecule has 0 saturated heterocycles. The van der Waals surface area contributed by atoms with Crippen LogP contribution in [0.4, 0.5) is 17.6 Å². The van der Waals surface area contributed by atoms with E-state index in [-0.39, 0.29) is 23.3 Å². The van der Waals surface area contributed by atoms with Crippen LogP contribution in [0.3, 0.4) is 0 Å². The molecule has 6 aromatic rings.